The lowest BCUT2D eigenvalue weighted by Crippen LogP contribution is -2.27. The molecule has 0 spiro atoms. The molecule has 1 aliphatic heterocycles. The monoisotopic (exact) mass is 368 g/mol. The Kier molecular flexibility index (Phi) is 5.78. The normalized spacial score (nSPS) is 14.5. The highest BCUT2D eigenvalue weighted by Crippen LogP contribution is 2.28. The van der Waals surface area contributed by atoms with Crippen LogP contribution in [0.4, 0.5) is 5.82 Å². The van der Waals surface area contributed by atoms with Crippen LogP contribution in [0.15, 0.2) is 11.4 Å². The number of amides is 1. The minimum atomic E-state index is -0.0429. The van der Waals surface area contributed by atoms with Crippen LogP contribution in [-0.4, -0.2) is 57.4 Å². The van der Waals surface area contributed by atoms with Crippen molar-refractivity contribution >= 4 is 46.1 Å². The van der Waals surface area contributed by atoms with Crippen LogP contribution < -0.4 is 10.2 Å². The molecular formula is C15H21ClN6OS. The van der Waals surface area contributed by atoms with Crippen molar-refractivity contribution in [1.29, 1.82) is 0 Å². The third-order valence-corrected chi connectivity index (χ3v) is 4.75. The number of fused-ring (bicyclic) bond motifs is 1. The fourth-order valence-corrected chi connectivity index (χ4v) is 3.35. The van der Waals surface area contributed by atoms with Gasteiger partial charge in [-0.25, -0.2) is 14.6 Å². The summed E-state index contributed by atoms with van der Waals surface area (Å²) >= 11 is 7.09. The molecule has 9 heteroatoms. The van der Waals surface area contributed by atoms with E-state index in [-0.39, 0.29) is 5.91 Å². The summed E-state index contributed by atoms with van der Waals surface area (Å²) in [5.74, 6) is 1.26. The van der Waals surface area contributed by atoms with Crippen LogP contribution in [0.3, 0.4) is 0 Å². The molecule has 130 valence electrons. The average Bonchev–Trinajstić information content (AvgIpc) is 3.24. The fourth-order valence-electron chi connectivity index (χ4n) is 2.82. The quantitative estimate of drug-likeness (QED) is 0.457. The van der Waals surface area contributed by atoms with Gasteiger partial charge in [0.05, 0.1) is 18.1 Å². The van der Waals surface area contributed by atoms with Gasteiger partial charge < -0.3 is 10.2 Å². The molecule has 0 unspecified atom stereocenters. The van der Waals surface area contributed by atoms with Crippen molar-refractivity contribution in [3.63, 3.8) is 0 Å². The second-order valence-corrected chi connectivity index (χ2v) is 6.77. The number of aromatic nitrogens is 4. The van der Waals surface area contributed by atoms with Crippen molar-refractivity contribution in [3.05, 3.63) is 6.20 Å². The largest absolute Gasteiger partial charge is 0.356 e. The lowest BCUT2D eigenvalue weighted by molar-refractivity contribution is -0.120. The van der Waals surface area contributed by atoms with Crippen LogP contribution in [0.5, 0.6) is 0 Å². The number of rotatable bonds is 7. The highest BCUT2D eigenvalue weighted by Gasteiger charge is 2.20. The molecule has 0 aromatic carbocycles. The average molecular weight is 369 g/mol. The first-order valence-corrected chi connectivity index (χ1v) is 9.84. The van der Waals surface area contributed by atoms with Crippen molar-refractivity contribution in [3.8, 4) is 0 Å². The first kappa shape index (κ1) is 17.3. The lowest BCUT2D eigenvalue weighted by Gasteiger charge is -2.17. The summed E-state index contributed by atoms with van der Waals surface area (Å²) in [6.07, 6.45) is 6.52. The van der Waals surface area contributed by atoms with E-state index in [1.165, 1.54) is 24.6 Å². The summed E-state index contributed by atoms with van der Waals surface area (Å²) in [6, 6.07) is 0. The summed E-state index contributed by atoms with van der Waals surface area (Å²) in [6.45, 7) is 3.13. The van der Waals surface area contributed by atoms with E-state index in [2.05, 4.69) is 25.3 Å². The van der Waals surface area contributed by atoms with Gasteiger partial charge in [0.2, 0.25) is 5.91 Å². The number of alkyl halides is 1. The Morgan fingerprint density at radius 1 is 1.38 bits per heavy atom. The Morgan fingerprint density at radius 3 is 2.88 bits per heavy atom. The number of thioether (sulfide) groups is 1. The van der Waals surface area contributed by atoms with Gasteiger partial charge in [-0.1, -0.05) is 11.8 Å². The summed E-state index contributed by atoms with van der Waals surface area (Å²) in [5, 5.41) is 9.01. The first-order valence-electron chi connectivity index (χ1n) is 8.08. The minimum absolute atomic E-state index is 0.0429. The maximum absolute atomic E-state index is 11.5. The summed E-state index contributed by atoms with van der Waals surface area (Å²) < 4.78 is 1.83. The molecule has 0 bridgehead atoms. The van der Waals surface area contributed by atoms with Gasteiger partial charge in [0.15, 0.2) is 10.8 Å². The molecule has 1 N–H and O–H groups in total. The Hall–Kier alpha value is -1.54. The Balaban J connectivity index is 1.82. The molecule has 0 radical (unpaired) electrons. The molecule has 2 aromatic rings. The summed E-state index contributed by atoms with van der Waals surface area (Å²) in [5.41, 5.74) is 0.822. The maximum atomic E-state index is 11.5. The van der Waals surface area contributed by atoms with E-state index in [1.807, 2.05) is 17.1 Å². The third kappa shape index (κ3) is 3.75. The predicted molar refractivity (Wildman–Crippen MR) is 96.9 cm³/mol. The van der Waals surface area contributed by atoms with Gasteiger partial charge in [-0.05, 0) is 19.1 Å². The van der Waals surface area contributed by atoms with Crippen molar-refractivity contribution < 1.29 is 4.79 Å². The molecule has 24 heavy (non-hydrogen) atoms. The molecule has 1 saturated heterocycles. The molecule has 0 atom stereocenters. The van der Waals surface area contributed by atoms with Crippen molar-refractivity contribution in [2.45, 2.75) is 31.0 Å². The maximum Gasteiger partial charge on any atom is 0.221 e. The second kappa shape index (κ2) is 8.02. The molecule has 1 aliphatic rings. The van der Waals surface area contributed by atoms with Crippen LogP contribution in [0.2, 0.25) is 0 Å². The fraction of sp³-hybridized carbons (Fsp3) is 0.600. The van der Waals surface area contributed by atoms with Gasteiger partial charge in [-0.15, -0.1) is 11.6 Å². The van der Waals surface area contributed by atoms with Crippen LogP contribution in [0.1, 0.15) is 19.3 Å². The zero-order chi connectivity index (χ0) is 16.9. The van der Waals surface area contributed by atoms with Gasteiger partial charge in [-0.3, -0.25) is 4.79 Å². The Morgan fingerprint density at radius 2 is 2.17 bits per heavy atom. The SMILES string of the molecule is CSc1nc(N2CCCC2)c2cnn(CCNC(=O)CCCl)c2n1. The molecule has 2 aromatic heterocycles. The molecule has 3 rings (SSSR count). The van der Waals surface area contributed by atoms with E-state index in [9.17, 15) is 4.79 Å². The smallest absolute Gasteiger partial charge is 0.221 e. The molecule has 0 aliphatic carbocycles. The summed E-state index contributed by atoms with van der Waals surface area (Å²) in [4.78, 5) is 23.1. The van der Waals surface area contributed by atoms with Crippen molar-refractivity contribution in [1.82, 2.24) is 25.1 Å². The molecule has 7 nitrogen and oxygen atoms in total. The van der Waals surface area contributed by atoms with Gasteiger partial charge in [0, 0.05) is 31.9 Å². The van der Waals surface area contributed by atoms with Gasteiger partial charge in [0.25, 0.3) is 0 Å². The number of carbonyl (C=O) groups excluding carboxylic acids is 1. The van der Waals surface area contributed by atoms with Crippen LogP contribution in [0.25, 0.3) is 11.0 Å². The van der Waals surface area contributed by atoms with Crippen molar-refractivity contribution in [2.24, 2.45) is 0 Å². The minimum Gasteiger partial charge on any atom is -0.356 e. The summed E-state index contributed by atoms with van der Waals surface area (Å²) in [7, 11) is 0. The van der Waals surface area contributed by atoms with E-state index in [0.29, 0.717) is 25.4 Å². The molecule has 3 heterocycles. The van der Waals surface area contributed by atoms with E-state index in [4.69, 9.17) is 11.6 Å². The first-order chi connectivity index (χ1) is 11.7. The zero-order valence-corrected chi connectivity index (χ0v) is 15.2. The molecule has 0 saturated carbocycles. The van der Waals surface area contributed by atoms with Gasteiger partial charge in [-0.2, -0.15) is 5.10 Å². The van der Waals surface area contributed by atoms with E-state index < -0.39 is 0 Å². The number of hydrogen-bond donors (Lipinski definition) is 1. The topological polar surface area (TPSA) is 75.9 Å². The van der Waals surface area contributed by atoms with Gasteiger partial charge in [0.1, 0.15) is 5.82 Å². The van der Waals surface area contributed by atoms with E-state index >= 15 is 0 Å². The van der Waals surface area contributed by atoms with Crippen LogP contribution in [0, 0.1) is 0 Å². The highest BCUT2D eigenvalue weighted by atomic mass is 35.5. The van der Waals surface area contributed by atoms with E-state index in [0.717, 1.165) is 35.1 Å². The molecular weight excluding hydrogens is 348 g/mol. The number of hydrogen-bond acceptors (Lipinski definition) is 6. The number of anilines is 1. The standard InChI is InChI=1S/C15H21ClN6OS/c1-24-15-19-13(21-7-2-3-8-21)11-10-18-22(14(11)20-15)9-6-17-12(23)4-5-16/h10H,2-9H2,1H3,(H,17,23). The zero-order valence-electron chi connectivity index (χ0n) is 13.7. The predicted octanol–water partition coefficient (Wildman–Crippen LogP) is 1.89. The van der Waals surface area contributed by atoms with E-state index in [1.54, 1.807) is 0 Å². The number of nitrogens with zero attached hydrogens (tertiary/aromatic N) is 5. The second-order valence-electron chi connectivity index (χ2n) is 5.62. The molecule has 1 fully saturated rings. The van der Waals surface area contributed by atoms with Crippen LogP contribution >= 0.6 is 23.4 Å². The number of halogens is 1. The Labute approximate surface area is 150 Å². The molecule has 1 amide bonds. The van der Waals surface area contributed by atoms with Crippen LogP contribution in [-0.2, 0) is 11.3 Å². The number of nitrogens with one attached hydrogen (secondary N) is 1. The highest BCUT2D eigenvalue weighted by molar-refractivity contribution is 7.98. The number of carbonyl (C=O) groups is 1. The Bertz CT molecular complexity index is 715. The van der Waals surface area contributed by atoms with Crippen molar-refractivity contribution in [2.75, 3.05) is 36.7 Å². The lowest BCUT2D eigenvalue weighted by atomic mass is 10.3. The van der Waals surface area contributed by atoms with Gasteiger partial charge >= 0.3 is 0 Å². The third-order valence-electron chi connectivity index (χ3n) is 4.01.